The highest BCUT2D eigenvalue weighted by Crippen LogP contribution is 2.34. The fraction of sp³-hybridized carbons (Fsp3) is 0.143. The fourth-order valence-electron chi connectivity index (χ4n) is 1.48. The van der Waals surface area contributed by atoms with E-state index in [9.17, 15) is 8.78 Å². The monoisotopic (exact) mass is 266 g/mol. The summed E-state index contributed by atoms with van der Waals surface area (Å²) >= 11 is 1.07. The topological polar surface area (TPSA) is 20.2 Å². The third-order valence-corrected chi connectivity index (χ3v) is 3.57. The molecule has 0 aliphatic heterocycles. The average Bonchev–Trinajstić information content (AvgIpc) is 2.39. The standard InChI is InChI=1S/C14H12F2OS/c15-14(16,11-4-2-1-3-5-11)10-18-13-8-6-12(17)7-9-13/h1-9,17H,10H2. The van der Waals surface area contributed by atoms with Crippen LogP contribution in [-0.4, -0.2) is 10.9 Å². The largest absolute Gasteiger partial charge is 0.508 e. The summed E-state index contributed by atoms with van der Waals surface area (Å²) in [6.07, 6.45) is 0. The second-order valence-electron chi connectivity index (χ2n) is 3.85. The molecule has 0 aromatic heterocycles. The van der Waals surface area contributed by atoms with Gasteiger partial charge in [-0.1, -0.05) is 30.3 Å². The number of phenols is 1. The summed E-state index contributed by atoms with van der Waals surface area (Å²) in [5.74, 6) is -3.04. The van der Waals surface area contributed by atoms with Crippen molar-refractivity contribution in [3.63, 3.8) is 0 Å². The van der Waals surface area contributed by atoms with Crippen molar-refractivity contribution < 1.29 is 13.9 Å². The zero-order chi connectivity index (χ0) is 13.0. The number of hydrogen-bond acceptors (Lipinski definition) is 2. The number of phenolic OH excluding ortho intramolecular Hbond substituents is 1. The van der Waals surface area contributed by atoms with E-state index in [4.69, 9.17) is 5.11 Å². The summed E-state index contributed by atoms with van der Waals surface area (Å²) in [6, 6.07) is 14.0. The lowest BCUT2D eigenvalue weighted by molar-refractivity contribution is 0.0232. The van der Waals surface area contributed by atoms with Crippen molar-refractivity contribution in [1.82, 2.24) is 0 Å². The van der Waals surface area contributed by atoms with Crippen LogP contribution in [0.2, 0.25) is 0 Å². The molecule has 2 rings (SSSR count). The van der Waals surface area contributed by atoms with Crippen LogP contribution in [0.5, 0.6) is 5.75 Å². The number of hydrogen-bond donors (Lipinski definition) is 1. The molecule has 18 heavy (non-hydrogen) atoms. The molecule has 0 fully saturated rings. The van der Waals surface area contributed by atoms with Gasteiger partial charge in [0.05, 0.1) is 5.75 Å². The number of aromatic hydroxyl groups is 1. The molecule has 1 N–H and O–H groups in total. The summed E-state index contributed by atoms with van der Waals surface area (Å²) in [5.41, 5.74) is 0.0243. The lowest BCUT2D eigenvalue weighted by Crippen LogP contribution is -2.16. The predicted octanol–water partition coefficient (Wildman–Crippen LogP) is 4.28. The van der Waals surface area contributed by atoms with E-state index in [1.807, 2.05) is 0 Å². The van der Waals surface area contributed by atoms with Gasteiger partial charge in [0.1, 0.15) is 5.75 Å². The lowest BCUT2D eigenvalue weighted by atomic mass is 10.1. The van der Waals surface area contributed by atoms with E-state index in [-0.39, 0.29) is 17.1 Å². The number of thioether (sulfide) groups is 1. The van der Waals surface area contributed by atoms with Crippen molar-refractivity contribution >= 4 is 11.8 Å². The normalized spacial score (nSPS) is 11.4. The lowest BCUT2D eigenvalue weighted by Gasteiger charge is -2.16. The van der Waals surface area contributed by atoms with Gasteiger partial charge in [-0.2, -0.15) is 0 Å². The summed E-state index contributed by atoms with van der Waals surface area (Å²) < 4.78 is 27.7. The molecule has 0 aliphatic carbocycles. The third-order valence-electron chi connectivity index (χ3n) is 2.45. The van der Waals surface area contributed by atoms with Crippen molar-refractivity contribution in [1.29, 1.82) is 0 Å². The van der Waals surface area contributed by atoms with E-state index in [2.05, 4.69) is 0 Å². The van der Waals surface area contributed by atoms with Crippen molar-refractivity contribution in [2.24, 2.45) is 0 Å². The molecule has 0 spiro atoms. The van der Waals surface area contributed by atoms with Gasteiger partial charge in [0.2, 0.25) is 0 Å². The smallest absolute Gasteiger partial charge is 0.282 e. The van der Waals surface area contributed by atoms with Crippen LogP contribution in [0.1, 0.15) is 5.56 Å². The maximum atomic E-state index is 13.9. The Morgan fingerprint density at radius 1 is 0.944 bits per heavy atom. The summed E-state index contributed by atoms with van der Waals surface area (Å²) in [4.78, 5) is 0.711. The van der Waals surface area contributed by atoms with Crippen LogP contribution < -0.4 is 0 Å². The van der Waals surface area contributed by atoms with Crippen molar-refractivity contribution in [2.75, 3.05) is 5.75 Å². The molecule has 0 bridgehead atoms. The highest BCUT2D eigenvalue weighted by Gasteiger charge is 2.31. The Morgan fingerprint density at radius 3 is 2.17 bits per heavy atom. The van der Waals surface area contributed by atoms with E-state index in [0.29, 0.717) is 4.90 Å². The zero-order valence-corrected chi connectivity index (χ0v) is 10.3. The molecule has 94 valence electrons. The molecule has 0 aliphatic rings. The molecule has 0 amide bonds. The summed E-state index contributed by atoms with van der Waals surface area (Å²) in [7, 11) is 0. The highest BCUT2D eigenvalue weighted by molar-refractivity contribution is 7.99. The first kappa shape index (κ1) is 12.9. The number of alkyl halides is 2. The molecule has 1 nitrogen and oxygen atoms in total. The molecule has 0 atom stereocenters. The summed E-state index contributed by atoms with van der Waals surface area (Å²) in [6.45, 7) is 0. The molecule has 0 saturated heterocycles. The molecule has 4 heteroatoms. The third kappa shape index (κ3) is 3.23. The summed E-state index contributed by atoms with van der Waals surface area (Å²) in [5, 5.41) is 9.11. The van der Waals surface area contributed by atoms with Crippen LogP contribution in [0.25, 0.3) is 0 Å². The Labute approximate surface area is 108 Å². The Bertz CT molecular complexity index is 497. The Hall–Kier alpha value is -1.55. The van der Waals surface area contributed by atoms with Gasteiger partial charge in [0.15, 0.2) is 0 Å². The van der Waals surface area contributed by atoms with Gasteiger partial charge in [0.25, 0.3) is 5.92 Å². The van der Waals surface area contributed by atoms with Crippen LogP contribution in [0.4, 0.5) is 8.78 Å². The molecule has 0 unspecified atom stereocenters. The van der Waals surface area contributed by atoms with Crippen LogP contribution in [0.3, 0.4) is 0 Å². The van der Waals surface area contributed by atoms with Crippen LogP contribution in [0.15, 0.2) is 59.5 Å². The van der Waals surface area contributed by atoms with Gasteiger partial charge < -0.3 is 5.11 Å². The number of rotatable bonds is 4. The minimum Gasteiger partial charge on any atom is -0.508 e. The van der Waals surface area contributed by atoms with E-state index >= 15 is 0 Å². The molecule has 2 aromatic carbocycles. The van der Waals surface area contributed by atoms with Crippen molar-refractivity contribution in [2.45, 2.75) is 10.8 Å². The maximum Gasteiger partial charge on any atom is 0.282 e. The fourth-order valence-corrected chi connectivity index (χ4v) is 2.32. The van der Waals surface area contributed by atoms with E-state index in [1.54, 1.807) is 30.3 Å². The SMILES string of the molecule is Oc1ccc(SCC(F)(F)c2ccccc2)cc1. The van der Waals surface area contributed by atoms with Gasteiger partial charge in [-0.05, 0) is 24.3 Å². The second kappa shape index (κ2) is 5.40. The quantitative estimate of drug-likeness (QED) is 0.834. The second-order valence-corrected chi connectivity index (χ2v) is 4.90. The first-order chi connectivity index (χ1) is 8.58. The van der Waals surface area contributed by atoms with Gasteiger partial charge in [-0.15, -0.1) is 11.8 Å². The predicted molar refractivity (Wildman–Crippen MR) is 69.2 cm³/mol. The molecular formula is C14H12F2OS. The van der Waals surface area contributed by atoms with Crippen molar-refractivity contribution in [3.05, 3.63) is 60.2 Å². The molecule has 0 radical (unpaired) electrons. The molecule has 0 saturated carbocycles. The maximum absolute atomic E-state index is 13.9. The Kier molecular flexibility index (Phi) is 3.87. The first-order valence-corrected chi connectivity index (χ1v) is 6.42. The number of benzene rings is 2. The Morgan fingerprint density at radius 2 is 1.56 bits per heavy atom. The Balaban J connectivity index is 2.03. The highest BCUT2D eigenvalue weighted by atomic mass is 32.2. The minimum absolute atomic E-state index is 0.0243. The first-order valence-electron chi connectivity index (χ1n) is 5.43. The number of halogens is 2. The van der Waals surface area contributed by atoms with Gasteiger partial charge >= 0.3 is 0 Å². The molecular weight excluding hydrogens is 254 g/mol. The average molecular weight is 266 g/mol. The van der Waals surface area contributed by atoms with E-state index in [0.717, 1.165) is 11.8 Å². The molecule has 0 heterocycles. The van der Waals surface area contributed by atoms with Crippen LogP contribution >= 0.6 is 11.8 Å². The van der Waals surface area contributed by atoms with Gasteiger partial charge in [-0.3, -0.25) is 0 Å². The van der Waals surface area contributed by atoms with Crippen molar-refractivity contribution in [3.8, 4) is 5.75 Å². The zero-order valence-electron chi connectivity index (χ0n) is 9.51. The molecule has 2 aromatic rings. The van der Waals surface area contributed by atoms with E-state index < -0.39 is 5.92 Å². The van der Waals surface area contributed by atoms with Crippen LogP contribution in [0, 0.1) is 0 Å². The van der Waals surface area contributed by atoms with E-state index in [1.165, 1.54) is 24.3 Å². The van der Waals surface area contributed by atoms with Gasteiger partial charge in [-0.25, -0.2) is 8.78 Å². The minimum atomic E-state index is -2.86. The van der Waals surface area contributed by atoms with Gasteiger partial charge in [0, 0.05) is 10.5 Å². The van der Waals surface area contributed by atoms with Crippen LogP contribution in [-0.2, 0) is 5.92 Å².